The van der Waals surface area contributed by atoms with Crippen LogP contribution in [0.1, 0.15) is 42.4 Å². The Balaban J connectivity index is 2.56. The molecule has 0 N–H and O–H groups in total. The first-order valence-corrected chi connectivity index (χ1v) is 4.92. The zero-order chi connectivity index (χ0) is 12.0. The molecule has 6 heteroatoms. The third-order valence-corrected chi connectivity index (χ3v) is 1.84. The van der Waals surface area contributed by atoms with Crippen molar-refractivity contribution in [2.24, 2.45) is 0 Å². The molecule has 4 nitrogen and oxygen atoms in total. The maximum atomic E-state index is 12.1. The molecule has 0 aliphatic carbocycles. The van der Waals surface area contributed by atoms with Crippen LogP contribution in [0.15, 0.2) is 12.4 Å². The Morgan fingerprint density at radius 3 is 2.69 bits per heavy atom. The molecular formula is C10H12F2N2O2. The van der Waals surface area contributed by atoms with Crippen LogP contribution in [0.2, 0.25) is 0 Å². The first-order valence-electron chi connectivity index (χ1n) is 4.92. The van der Waals surface area contributed by atoms with E-state index in [2.05, 4.69) is 9.97 Å². The standard InChI is InChI=1S/C10H12F2N2O2/c1-2-3-4-16-10(15)8-6-13-7(5-14-8)9(11)12/h5-6,9H,2-4H2,1H3. The average molecular weight is 230 g/mol. The normalized spacial score (nSPS) is 10.5. The van der Waals surface area contributed by atoms with Crippen molar-refractivity contribution in [3.63, 3.8) is 0 Å². The highest BCUT2D eigenvalue weighted by atomic mass is 19.3. The highest BCUT2D eigenvalue weighted by Crippen LogP contribution is 2.14. The average Bonchev–Trinajstić information content (AvgIpc) is 2.29. The van der Waals surface area contributed by atoms with Gasteiger partial charge in [0.25, 0.3) is 6.43 Å². The molecule has 0 saturated carbocycles. The first kappa shape index (κ1) is 12.5. The van der Waals surface area contributed by atoms with Gasteiger partial charge in [-0.05, 0) is 6.42 Å². The van der Waals surface area contributed by atoms with Gasteiger partial charge in [0, 0.05) is 0 Å². The zero-order valence-corrected chi connectivity index (χ0v) is 8.82. The van der Waals surface area contributed by atoms with E-state index < -0.39 is 18.1 Å². The molecule has 1 rings (SSSR count). The predicted molar refractivity (Wildman–Crippen MR) is 52.2 cm³/mol. The quantitative estimate of drug-likeness (QED) is 0.575. The van der Waals surface area contributed by atoms with Gasteiger partial charge in [-0.1, -0.05) is 13.3 Å². The van der Waals surface area contributed by atoms with Gasteiger partial charge in [0.15, 0.2) is 5.69 Å². The number of hydrogen-bond acceptors (Lipinski definition) is 4. The number of halogens is 2. The lowest BCUT2D eigenvalue weighted by molar-refractivity contribution is 0.0491. The lowest BCUT2D eigenvalue weighted by atomic mass is 10.3. The molecule has 0 bridgehead atoms. The maximum Gasteiger partial charge on any atom is 0.358 e. The third-order valence-electron chi connectivity index (χ3n) is 1.84. The summed E-state index contributed by atoms with van der Waals surface area (Å²) in [5, 5.41) is 0. The summed E-state index contributed by atoms with van der Waals surface area (Å²) in [4.78, 5) is 18.3. The molecule has 0 aliphatic rings. The second-order valence-electron chi connectivity index (χ2n) is 3.12. The molecule has 0 fully saturated rings. The van der Waals surface area contributed by atoms with Gasteiger partial charge in [-0.25, -0.2) is 18.6 Å². The van der Waals surface area contributed by atoms with Crippen molar-refractivity contribution < 1.29 is 18.3 Å². The van der Waals surface area contributed by atoms with Gasteiger partial charge in [-0.2, -0.15) is 0 Å². The van der Waals surface area contributed by atoms with E-state index in [0.29, 0.717) is 6.61 Å². The third kappa shape index (κ3) is 3.52. The van der Waals surface area contributed by atoms with Gasteiger partial charge in [0.05, 0.1) is 19.0 Å². The van der Waals surface area contributed by atoms with Crippen LogP contribution in [0.4, 0.5) is 8.78 Å². The van der Waals surface area contributed by atoms with Crippen LogP contribution in [-0.4, -0.2) is 22.5 Å². The minimum absolute atomic E-state index is 0.0551. The molecule has 0 aromatic carbocycles. The number of carbonyl (C=O) groups excluding carboxylic acids is 1. The number of hydrogen-bond donors (Lipinski definition) is 0. The molecule has 0 aliphatic heterocycles. The van der Waals surface area contributed by atoms with Crippen molar-refractivity contribution in [2.45, 2.75) is 26.2 Å². The van der Waals surface area contributed by atoms with Crippen molar-refractivity contribution in [1.29, 1.82) is 0 Å². The Morgan fingerprint density at radius 2 is 2.19 bits per heavy atom. The summed E-state index contributed by atoms with van der Waals surface area (Å²) >= 11 is 0. The van der Waals surface area contributed by atoms with Crippen molar-refractivity contribution in [3.8, 4) is 0 Å². The van der Waals surface area contributed by atoms with E-state index in [1.165, 1.54) is 0 Å². The van der Waals surface area contributed by atoms with Crippen molar-refractivity contribution >= 4 is 5.97 Å². The molecule has 1 heterocycles. The van der Waals surface area contributed by atoms with Crippen LogP contribution in [0.5, 0.6) is 0 Å². The molecule has 0 saturated heterocycles. The highest BCUT2D eigenvalue weighted by Gasteiger charge is 2.13. The molecule has 0 atom stereocenters. The van der Waals surface area contributed by atoms with Crippen molar-refractivity contribution in [3.05, 3.63) is 23.8 Å². The molecule has 0 spiro atoms. The summed E-state index contributed by atoms with van der Waals surface area (Å²) in [6.45, 7) is 2.26. The topological polar surface area (TPSA) is 52.1 Å². The summed E-state index contributed by atoms with van der Waals surface area (Å²) in [7, 11) is 0. The van der Waals surface area contributed by atoms with Crippen LogP contribution < -0.4 is 0 Å². The van der Waals surface area contributed by atoms with Crippen molar-refractivity contribution in [1.82, 2.24) is 9.97 Å². The van der Waals surface area contributed by atoms with Crippen LogP contribution in [-0.2, 0) is 4.74 Å². The molecule has 0 amide bonds. The maximum absolute atomic E-state index is 12.1. The molecule has 0 radical (unpaired) electrons. The fourth-order valence-corrected chi connectivity index (χ4v) is 0.939. The summed E-state index contributed by atoms with van der Waals surface area (Å²) in [6.07, 6.45) is 0.853. The first-order chi connectivity index (χ1) is 7.65. The zero-order valence-electron chi connectivity index (χ0n) is 8.82. The SMILES string of the molecule is CCCCOC(=O)c1cnc(C(F)F)cn1. The van der Waals surface area contributed by atoms with Crippen LogP contribution in [0.25, 0.3) is 0 Å². The lowest BCUT2D eigenvalue weighted by Crippen LogP contribution is -2.09. The Labute approximate surface area is 91.7 Å². The monoisotopic (exact) mass is 230 g/mol. The van der Waals surface area contributed by atoms with Gasteiger partial charge in [0.2, 0.25) is 0 Å². The van der Waals surface area contributed by atoms with Crippen LogP contribution >= 0.6 is 0 Å². The van der Waals surface area contributed by atoms with Gasteiger partial charge >= 0.3 is 5.97 Å². The number of aromatic nitrogens is 2. The number of esters is 1. The molecule has 1 aromatic heterocycles. The number of rotatable bonds is 5. The van der Waals surface area contributed by atoms with E-state index in [1.54, 1.807) is 0 Å². The number of nitrogens with zero attached hydrogens (tertiary/aromatic N) is 2. The van der Waals surface area contributed by atoms with Gasteiger partial charge in [-0.15, -0.1) is 0 Å². The van der Waals surface area contributed by atoms with E-state index in [0.717, 1.165) is 25.2 Å². The van der Waals surface area contributed by atoms with E-state index in [4.69, 9.17) is 4.74 Å². The summed E-state index contributed by atoms with van der Waals surface area (Å²) in [5.74, 6) is -0.637. The second kappa shape index (κ2) is 6.09. The summed E-state index contributed by atoms with van der Waals surface area (Å²) < 4.78 is 29.1. The van der Waals surface area contributed by atoms with E-state index in [1.807, 2.05) is 6.92 Å². The van der Waals surface area contributed by atoms with Crippen molar-refractivity contribution in [2.75, 3.05) is 6.61 Å². The van der Waals surface area contributed by atoms with Crippen LogP contribution in [0.3, 0.4) is 0 Å². The fourth-order valence-electron chi connectivity index (χ4n) is 0.939. The Bertz CT molecular complexity index is 341. The summed E-state index contributed by atoms with van der Waals surface area (Å²) in [5.41, 5.74) is -0.509. The van der Waals surface area contributed by atoms with Crippen LogP contribution in [0, 0.1) is 0 Å². The molecular weight excluding hydrogens is 218 g/mol. The van der Waals surface area contributed by atoms with Gasteiger partial charge < -0.3 is 4.74 Å². The highest BCUT2D eigenvalue weighted by molar-refractivity contribution is 5.86. The van der Waals surface area contributed by atoms with E-state index in [9.17, 15) is 13.6 Å². The Hall–Kier alpha value is -1.59. The van der Waals surface area contributed by atoms with E-state index >= 15 is 0 Å². The number of ether oxygens (including phenoxy) is 1. The molecule has 1 aromatic rings. The minimum atomic E-state index is -2.68. The molecule has 16 heavy (non-hydrogen) atoms. The van der Waals surface area contributed by atoms with E-state index in [-0.39, 0.29) is 5.69 Å². The Morgan fingerprint density at radius 1 is 1.44 bits per heavy atom. The molecule has 88 valence electrons. The second-order valence-corrected chi connectivity index (χ2v) is 3.12. The molecule has 0 unspecified atom stereocenters. The van der Waals surface area contributed by atoms with Gasteiger partial charge in [-0.3, -0.25) is 4.98 Å². The van der Waals surface area contributed by atoms with Gasteiger partial charge in [0.1, 0.15) is 5.69 Å². The number of unbranched alkanes of at least 4 members (excludes halogenated alkanes) is 1. The number of alkyl halides is 2. The lowest BCUT2D eigenvalue weighted by Gasteiger charge is -2.03. The largest absolute Gasteiger partial charge is 0.461 e. The predicted octanol–water partition coefficient (Wildman–Crippen LogP) is 2.37. The Kier molecular flexibility index (Phi) is 4.75. The minimum Gasteiger partial charge on any atom is -0.461 e. The smallest absolute Gasteiger partial charge is 0.358 e. The number of carbonyl (C=O) groups is 1. The summed E-state index contributed by atoms with van der Waals surface area (Å²) in [6, 6.07) is 0. The fraction of sp³-hybridized carbons (Fsp3) is 0.500.